The van der Waals surface area contributed by atoms with Crippen molar-refractivity contribution in [3.8, 4) is 11.3 Å². The number of esters is 2. The molecule has 0 N–H and O–H groups in total. The third kappa shape index (κ3) is 1.62. The number of furan rings is 1. The first-order valence-electron chi connectivity index (χ1n) is 6.56. The molecule has 0 saturated heterocycles. The smallest absolute Gasteiger partial charge is 0.346 e. The van der Waals surface area contributed by atoms with E-state index in [1.54, 1.807) is 42.5 Å². The molecule has 1 aromatic heterocycles. The van der Waals surface area contributed by atoms with Crippen LogP contribution in [0.4, 0.5) is 0 Å². The highest BCUT2D eigenvalue weighted by atomic mass is 16.6. The lowest BCUT2D eigenvalue weighted by atomic mass is 9.93. The normalized spacial score (nSPS) is 13.3. The van der Waals surface area contributed by atoms with Crippen LogP contribution >= 0.6 is 0 Å². The van der Waals surface area contributed by atoms with Gasteiger partial charge in [-0.15, -0.1) is 0 Å². The summed E-state index contributed by atoms with van der Waals surface area (Å²) >= 11 is 0. The Morgan fingerprint density at radius 1 is 0.818 bits per heavy atom. The molecule has 0 spiro atoms. The van der Waals surface area contributed by atoms with E-state index in [0.717, 1.165) is 0 Å². The fourth-order valence-corrected chi connectivity index (χ4v) is 2.72. The lowest BCUT2D eigenvalue weighted by molar-refractivity contribution is 0.0391. The van der Waals surface area contributed by atoms with Gasteiger partial charge in [-0.3, -0.25) is 4.79 Å². The number of rotatable bonds is 2. The van der Waals surface area contributed by atoms with Gasteiger partial charge in [0, 0.05) is 10.9 Å². The first kappa shape index (κ1) is 12.5. The summed E-state index contributed by atoms with van der Waals surface area (Å²) in [6.07, 6.45) is 0.621. The first-order chi connectivity index (χ1) is 10.7. The van der Waals surface area contributed by atoms with Crippen molar-refractivity contribution in [1.82, 2.24) is 0 Å². The summed E-state index contributed by atoms with van der Waals surface area (Å²) in [6, 6.07) is 11.7. The van der Waals surface area contributed by atoms with Crippen molar-refractivity contribution in [2.75, 3.05) is 0 Å². The molecule has 5 heteroatoms. The molecule has 22 heavy (non-hydrogen) atoms. The Morgan fingerprint density at radius 3 is 2.27 bits per heavy atom. The first-order valence-corrected chi connectivity index (χ1v) is 6.56. The summed E-state index contributed by atoms with van der Waals surface area (Å²) in [4.78, 5) is 34.5. The molecule has 0 fully saturated rings. The largest absolute Gasteiger partial charge is 0.453 e. The van der Waals surface area contributed by atoms with Crippen LogP contribution in [0.2, 0.25) is 0 Å². The van der Waals surface area contributed by atoms with Gasteiger partial charge in [-0.25, -0.2) is 9.59 Å². The Kier molecular flexibility index (Phi) is 2.50. The minimum atomic E-state index is -0.659. The number of hydrogen-bond donors (Lipinski definition) is 0. The number of ether oxygens (including phenoxy) is 1. The van der Waals surface area contributed by atoms with Crippen LogP contribution in [0.1, 0.15) is 31.3 Å². The SMILES string of the molecule is O=Cc1ccc(-c2ccc3c4c(cccc24)C(=O)OC3=O)o1. The van der Waals surface area contributed by atoms with Crippen molar-refractivity contribution in [3.05, 3.63) is 59.4 Å². The van der Waals surface area contributed by atoms with Gasteiger partial charge >= 0.3 is 11.9 Å². The highest BCUT2D eigenvalue weighted by Gasteiger charge is 2.28. The van der Waals surface area contributed by atoms with E-state index in [9.17, 15) is 14.4 Å². The van der Waals surface area contributed by atoms with Crippen molar-refractivity contribution in [1.29, 1.82) is 0 Å². The average Bonchev–Trinajstić information content (AvgIpc) is 3.01. The third-order valence-electron chi connectivity index (χ3n) is 3.67. The van der Waals surface area contributed by atoms with Crippen LogP contribution in [0.3, 0.4) is 0 Å². The molecule has 0 atom stereocenters. The third-order valence-corrected chi connectivity index (χ3v) is 3.67. The van der Waals surface area contributed by atoms with E-state index in [-0.39, 0.29) is 5.76 Å². The molecule has 0 bridgehead atoms. The number of carbonyl (C=O) groups is 3. The molecule has 5 nitrogen and oxygen atoms in total. The van der Waals surface area contributed by atoms with E-state index in [4.69, 9.17) is 9.15 Å². The zero-order valence-corrected chi connectivity index (χ0v) is 11.2. The monoisotopic (exact) mass is 292 g/mol. The van der Waals surface area contributed by atoms with Gasteiger partial charge in [0.25, 0.3) is 0 Å². The molecule has 4 rings (SSSR count). The van der Waals surface area contributed by atoms with Crippen molar-refractivity contribution in [3.63, 3.8) is 0 Å². The Bertz CT molecular complexity index is 944. The van der Waals surface area contributed by atoms with Crippen LogP contribution in [-0.2, 0) is 4.74 Å². The van der Waals surface area contributed by atoms with Crippen molar-refractivity contribution >= 4 is 29.0 Å². The van der Waals surface area contributed by atoms with Gasteiger partial charge in [-0.2, -0.15) is 0 Å². The molecule has 1 aliphatic rings. The summed E-state index contributed by atoms with van der Waals surface area (Å²) in [5.74, 6) is -0.607. The lowest BCUT2D eigenvalue weighted by Crippen LogP contribution is -2.19. The molecule has 0 radical (unpaired) electrons. The second-order valence-electron chi connectivity index (χ2n) is 4.89. The predicted octanol–water partition coefficient (Wildman–Crippen LogP) is 3.22. The molecular formula is C17H8O5. The van der Waals surface area contributed by atoms with Crippen molar-refractivity contribution in [2.45, 2.75) is 0 Å². The van der Waals surface area contributed by atoms with Gasteiger partial charge in [0.05, 0.1) is 11.1 Å². The van der Waals surface area contributed by atoms with E-state index in [1.807, 2.05) is 0 Å². The predicted molar refractivity (Wildman–Crippen MR) is 76.8 cm³/mol. The van der Waals surface area contributed by atoms with Crippen LogP contribution < -0.4 is 0 Å². The minimum absolute atomic E-state index is 0.214. The number of benzene rings is 2. The topological polar surface area (TPSA) is 73.6 Å². The van der Waals surface area contributed by atoms with Crippen LogP contribution in [0.25, 0.3) is 22.1 Å². The lowest BCUT2D eigenvalue weighted by Gasteiger charge is -2.16. The average molecular weight is 292 g/mol. The molecule has 0 aliphatic carbocycles. The Morgan fingerprint density at radius 2 is 1.55 bits per heavy atom. The van der Waals surface area contributed by atoms with Gasteiger partial charge in [-0.1, -0.05) is 12.1 Å². The highest BCUT2D eigenvalue weighted by molar-refractivity contribution is 6.22. The number of cyclic esters (lactones) is 2. The quantitative estimate of drug-likeness (QED) is 0.412. The molecule has 3 aromatic rings. The van der Waals surface area contributed by atoms with Gasteiger partial charge < -0.3 is 9.15 Å². The van der Waals surface area contributed by atoms with E-state index in [1.165, 1.54) is 0 Å². The molecule has 2 heterocycles. The van der Waals surface area contributed by atoms with E-state index >= 15 is 0 Å². The zero-order chi connectivity index (χ0) is 15.3. The summed E-state index contributed by atoms with van der Waals surface area (Å²) in [5, 5.41) is 1.25. The van der Waals surface area contributed by atoms with Crippen LogP contribution in [-0.4, -0.2) is 18.2 Å². The summed E-state index contributed by atoms with van der Waals surface area (Å²) < 4.78 is 10.2. The maximum Gasteiger partial charge on any atom is 0.346 e. The van der Waals surface area contributed by atoms with Gasteiger partial charge in [0.1, 0.15) is 5.76 Å². The van der Waals surface area contributed by atoms with E-state index < -0.39 is 11.9 Å². The molecule has 1 aliphatic heterocycles. The second-order valence-corrected chi connectivity index (χ2v) is 4.89. The molecule has 2 aromatic carbocycles. The maximum absolute atomic E-state index is 11.9. The Balaban J connectivity index is 2.08. The summed E-state index contributed by atoms with van der Waals surface area (Å²) in [5.41, 5.74) is 1.39. The van der Waals surface area contributed by atoms with E-state index in [0.29, 0.717) is 39.5 Å². The zero-order valence-electron chi connectivity index (χ0n) is 11.2. The standard InChI is InChI=1S/C17H8O5/c18-8-9-4-7-14(21-9)10-5-6-13-15-11(10)2-1-3-12(15)16(19)22-17(13)20/h1-8H. The van der Waals surface area contributed by atoms with Crippen LogP contribution in [0, 0.1) is 0 Å². The van der Waals surface area contributed by atoms with Crippen molar-refractivity contribution in [2.24, 2.45) is 0 Å². The van der Waals surface area contributed by atoms with Gasteiger partial charge in [0.15, 0.2) is 12.0 Å². The highest BCUT2D eigenvalue weighted by Crippen LogP contribution is 2.36. The van der Waals surface area contributed by atoms with Crippen LogP contribution in [0.15, 0.2) is 46.9 Å². The number of aldehydes is 1. The minimum Gasteiger partial charge on any atom is -0.453 e. The maximum atomic E-state index is 11.9. The molecule has 0 unspecified atom stereocenters. The van der Waals surface area contributed by atoms with Crippen molar-refractivity contribution < 1.29 is 23.5 Å². The fraction of sp³-hybridized carbons (Fsp3) is 0. The molecule has 0 saturated carbocycles. The fourth-order valence-electron chi connectivity index (χ4n) is 2.72. The Hall–Kier alpha value is -3.21. The number of hydrogen-bond acceptors (Lipinski definition) is 5. The second kappa shape index (κ2) is 4.39. The van der Waals surface area contributed by atoms with Gasteiger partial charge in [-0.05, 0) is 35.7 Å². The molecule has 0 amide bonds. The summed E-state index contributed by atoms with van der Waals surface area (Å²) in [6.45, 7) is 0. The molecular weight excluding hydrogens is 284 g/mol. The molecule has 106 valence electrons. The van der Waals surface area contributed by atoms with Crippen LogP contribution in [0.5, 0.6) is 0 Å². The number of carbonyl (C=O) groups excluding carboxylic acids is 3. The van der Waals surface area contributed by atoms with E-state index in [2.05, 4.69) is 0 Å². The summed E-state index contributed by atoms with van der Waals surface area (Å²) in [7, 11) is 0. The Labute approximate surface area is 124 Å². The van der Waals surface area contributed by atoms with Gasteiger partial charge in [0.2, 0.25) is 0 Å².